The first-order valence-electron chi connectivity index (χ1n) is 15.1. The fraction of sp³-hybridized carbons (Fsp3) is 0.438. The van der Waals surface area contributed by atoms with Gasteiger partial charge in [0.2, 0.25) is 0 Å². The van der Waals surface area contributed by atoms with Gasteiger partial charge >= 0.3 is 6.61 Å². The van der Waals surface area contributed by atoms with Gasteiger partial charge in [0.15, 0.2) is 0 Å². The first-order valence-corrected chi connectivity index (χ1v) is 15.1. The molecular formula is C32H33F4N5O6. The molecule has 4 heterocycles. The van der Waals surface area contributed by atoms with Gasteiger partial charge in [0.25, 0.3) is 23.3 Å². The largest absolute Gasteiger partial charge is 0.435 e. The minimum absolute atomic E-state index is 0.0843. The van der Waals surface area contributed by atoms with E-state index in [1.165, 1.54) is 28.8 Å². The van der Waals surface area contributed by atoms with Gasteiger partial charge < -0.3 is 34.3 Å². The number of rotatable bonds is 11. The van der Waals surface area contributed by atoms with Crippen molar-refractivity contribution in [2.24, 2.45) is 7.05 Å². The minimum Gasteiger partial charge on any atom is -0.435 e. The van der Waals surface area contributed by atoms with E-state index in [2.05, 4.69) is 20.4 Å². The van der Waals surface area contributed by atoms with Crippen LogP contribution in [0.5, 0.6) is 5.75 Å². The third kappa shape index (κ3) is 7.80. The molecule has 0 radical (unpaired) electrons. The number of benzene rings is 1. The predicted octanol–water partition coefficient (Wildman–Crippen LogP) is 3.77. The van der Waals surface area contributed by atoms with E-state index in [9.17, 15) is 31.9 Å². The molecule has 3 aliphatic rings. The molecule has 1 atom stereocenters. The number of anilines is 1. The second-order valence-corrected chi connectivity index (χ2v) is 11.9. The monoisotopic (exact) mass is 659 g/mol. The molecule has 2 amide bonds. The molecule has 0 unspecified atom stereocenters. The van der Waals surface area contributed by atoms with E-state index in [0.29, 0.717) is 49.7 Å². The summed E-state index contributed by atoms with van der Waals surface area (Å²) in [7, 11) is 1.54. The molecule has 1 aliphatic carbocycles. The number of hydrogen-bond donors (Lipinski definition) is 2. The van der Waals surface area contributed by atoms with Crippen LogP contribution in [0.2, 0.25) is 0 Å². The third-order valence-electron chi connectivity index (χ3n) is 8.04. The number of likely N-dealkylation sites (tertiary alicyclic amines) is 1. The molecule has 2 aromatic heterocycles. The van der Waals surface area contributed by atoms with Crippen LogP contribution in [0.1, 0.15) is 50.7 Å². The van der Waals surface area contributed by atoms with E-state index >= 15 is 0 Å². The lowest BCUT2D eigenvalue weighted by Gasteiger charge is -2.39. The van der Waals surface area contributed by atoms with Gasteiger partial charge in [-0.3, -0.25) is 14.4 Å². The molecule has 15 heteroatoms. The highest BCUT2D eigenvalue weighted by Crippen LogP contribution is 2.42. The summed E-state index contributed by atoms with van der Waals surface area (Å²) in [6.45, 7) is -2.35. The summed E-state index contributed by atoms with van der Waals surface area (Å²) in [4.78, 5) is 45.3. The van der Waals surface area contributed by atoms with Crippen LogP contribution >= 0.6 is 0 Å². The van der Waals surface area contributed by atoms with Crippen LogP contribution in [-0.4, -0.2) is 84.4 Å². The second-order valence-electron chi connectivity index (χ2n) is 11.9. The van der Waals surface area contributed by atoms with E-state index in [1.54, 1.807) is 19.3 Å². The molecule has 3 fully saturated rings. The number of nitrogens with one attached hydrogen (secondary N) is 2. The third-order valence-corrected chi connectivity index (χ3v) is 8.04. The first kappa shape index (κ1) is 32.6. The van der Waals surface area contributed by atoms with E-state index < -0.39 is 43.0 Å². The molecule has 1 saturated carbocycles. The van der Waals surface area contributed by atoms with Gasteiger partial charge in [-0.05, 0) is 65.9 Å². The minimum atomic E-state index is -3.16. The Labute approximate surface area is 266 Å². The van der Waals surface area contributed by atoms with Crippen molar-refractivity contribution in [2.75, 3.05) is 44.8 Å². The average Bonchev–Trinajstić information content (AvgIpc) is 3.87. The zero-order valence-electron chi connectivity index (χ0n) is 25.4. The number of aryl methyl sites for hydroxylation is 1. The summed E-state index contributed by atoms with van der Waals surface area (Å²) < 4.78 is 70.0. The van der Waals surface area contributed by atoms with Crippen molar-refractivity contribution in [3.8, 4) is 16.9 Å². The zero-order valence-corrected chi connectivity index (χ0v) is 25.4. The summed E-state index contributed by atoms with van der Waals surface area (Å²) in [5, 5.41) is 5.95. The number of halogens is 4. The molecular weight excluding hydrogens is 626 g/mol. The molecule has 250 valence electrons. The molecule has 2 aliphatic heterocycles. The number of aromatic nitrogens is 2. The summed E-state index contributed by atoms with van der Waals surface area (Å²) in [5.41, 5.74) is 1.18. The predicted molar refractivity (Wildman–Crippen MR) is 161 cm³/mol. The Hall–Kier alpha value is -4.34. The standard InChI is InChI=1S/C32H33F4N5O6/c1-40-14-18(12-37-13-22-15-45-6-7-46-22)8-25(29(40)43)28(42)39-27-10-20(9-26(38-27)19-2-3-19)23-5-4-21(47-31(33)34)11-24(23)30(44)41-16-32(35,36)17-41/h4-5,8-11,14,19,22,31,37H,2-3,6-7,12-13,15-17H2,1H3,(H,38,39,42)/t22-/m1/s1. The van der Waals surface area contributed by atoms with Gasteiger partial charge in [0, 0.05) is 37.9 Å². The van der Waals surface area contributed by atoms with Crippen LogP contribution in [0.3, 0.4) is 0 Å². The summed E-state index contributed by atoms with van der Waals surface area (Å²) >= 11 is 0. The SMILES string of the molecule is Cn1cc(CNC[C@@H]2COCCO2)cc(C(=O)Nc2cc(-c3ccc(OC(F)F)cc3C(=O)N3CC(F)(F)C3)cc(C3CC3)n2)c1=O. The smallest absolute Gasteiger partial charge is 0.387 e. The van der Waals surface area contributed by atoms with Gasteiger partial charge in [-0.25, -0.2) is 13.8 Å². The Balaban J connectivity index is 1.27. The van der Waals surface area contributed by atoms with Crippen LogP contribution in [0.15, 0.2) is 47.4 Å². The van der Waals surface area contributed by atoms with Gasteiger partial charge in [-0.2, -0.15) is 8.78 Å². The van der Waals surface area contributed by atoms with E-state index in [0.717, 1.165) is 23.8 Å². The Kier molecular flexibility index (Phi) is 9.30. The molecule has 3 aromatic rings. The van der Waals surface area contributed by atoms with Crippen molar-refractivity contribution in [3.63, 3.8) is 0 Å². The molecule has 47 heavy (non-hydrogen) atoms. The number of hydrogen-bond acceptors (Lipinski definition) is 8. The fourth-order valence-electron chi connectivity index (χ4n) is 5.57. The van der Waals surface area contributed by atoms with Crippen LogP contribution in [0.4, 0.5) is 23.4 Å². The molecule has 0 bridgehead atoms. The number of pyridine rings is 2. The van der Waals surface area contributed by atoms with Gasteiger partial charge in [0.1, 0.15) is 17.1 Å². The highest BCUT2D eigenvalue weighted by molar-refractivity contribution is 6.05. The van der Waals surface area contributed by atoms with Gasteiger partial charge in [-0.1, -0.05) is 0 Å². The Morgan fingerprint density at radius 1 is 1.11 bits per heavy atom. The van der Waals surface area contributed by atoms with Crippen molar-refractivity contribution in [2.45, 2.75) is 43.9 Å². The summed E-state index contributed by atoms with van der Waals surface area (Å²) in [6.07, 6.45) is 3.21. The van der Waals surface area contributed by atoms with Crippen LogP contribution in [-0.2, 0) is 23.1 Å². The molecule has 6 rings (SSSR count). The molecule has 2 N–H and O–H groups in total. The lowest BCUT2D eigenvalue weighted by Crippen LogP contribution is -2.58. The van der Waals surface area contributed by atoms with Gasteiger partial charge in [0.05, 0.1) is 44.6 Å². The Morgan fingerprint density at radius 3 is 2.57 bits per heavy atom. The maximum Gasteiger partial charge on any atom is 0.387 e. The molecule has 11 nitrogen and oxygen atoms in total. The quantitative estimate of drug-likeness (QED) is 0.299. The van der Waals surface area contributed by atoms with E-state index in [1.807, 2.05) is 0 Å². The van der Waals surface area contributed by atoms with E-state index in [-0.39, 0.29) is 40.3 Å². The fourth-order valence-corrected chi connectivity index (χ4v) is 5.57. The molecule has 1 aromatic carbocycles. The van der Waals surface area contributed by atoms with Crippen molar-refractivity contribution in [1.29, 1.82) is 0 Å². The maximum absolute atomic E-state index is 13.6. The first-order chi connectivity index (χ1) is 22.5. The van der Waals surface area contributed by atoms with Crippen molar-refractivity contribution in [3.05, 3.63) is 75.3 Å². The zero-order chi connectivity index (χ0) is 33.3. The highest BCUT2D eigenvalue weighted by Gasteiger charge is 2.46. The summed E-state index contributed by atoms with van der Waals surface area (Å²) in [6, 6.07) is 8.41. The highest BCUT2D eigenvalue weighted by atomic mass is 19.3. The second kappa shape index (κ2) is 13.4. The number of ether oxygens (including phenoxy) is 3. The van der Waals surface area contributed by atoms with Crippen molar-refractivity contribution in [1.82, 2.24) is 19.8 Å². The van der Waals surface area contributed by atoms with E-state index in [4.69, 9.17) is 9.47 Å². The Morgan fingerprint density at radius 2 is 1.89 bits per heavy atom. The number of nitrogens with zero attached hydrogens (tertiary/aromatic N) is 3. The number of amides is 2. The average molecular weight is 660 g/mol. The molecule has 2 saturated heterocycles. The lowest BCUT2D eigenvalue weighted by atomic mass is 9.96. The van der Waals surface area contributed by atoms with Gasteiger partial charge in [-0.15, -0.1) is 0 Å². The van der Waals surface area contributed by atoms with Crippen LogP contribution in [0.25, 0.3) is 11.1 Å². The number of alkyl halides is 4. The topological polar surface area (TPSA) is 124 Å². The number of carbonyl (C=O) groups is 2. The van der Waals surface area contributed by atoms with Crippen LogP contribution < -0.4 is 20.9 Å². The summed E-state index contributed by atoms with van der Waals surface area (Å²) in [5.74, 6) is -4.66. The normalized spacial score (nSPS) is 18.9. The lowest BCUT2D eigenvalue weighted by molar-refractivity contribution is -0.113. The number of carbonyl (C=O) groups excluding carboxylic acids is 2. The maximum atomic E-state index is 13.6. The molecule has 0 spiro atoms. The Bertz CT molecular complexity index is 1720. The van der Waals surface area contributed by atoms with Crippen molar-refractivity contribution >= 4 is 17.6 Å². The van der Waals surface area contributed by atoms with Crippen molar-refractivity contribution < 1.29 is 41.4 Å². The van der Waals surface area contributed by atoms with Crippen LogP contribution in [0, 0.1) is 0 Å².